The van der Waals surface area contributed by atoms with Gasteiger partial charge in [0.2, 0.25) is 0 Å². The van der Waals surface area contributed by atoms with Crippen molar-refractivity contribution in [3.8, 4) is 11.5 Å². The first kappa shape index (κ1) is 32.9. The van der Waals surface area contributed by atoms with E-state index in [1.807, 2.05) is 20.8 Å². The van der Waals surface area contributed by atoms with Gasteiger partial charge in [-0.15, -0.1) is 0 Å². The molecule has 1 rings (SSSR count). The molecule has 2 atom stereocenters. The predicted octanol–water partition coefficient (Wildman–Crippen LogP) is 4.59. The first-order chi connectivity index (χ1) is 17.2. The summed E-state index contributed by atoms with van der Waals surface area (Å²) in [7, 11) is 0. The third-order valence-electron chi connectivity index (χ3n) is 4.78. The molecule has 0 radical (unpaired) electrons. The molecule has 0 fully saturated rings. The average Bonchev–Trinajstić information content (AvgIpc) is 2.75. The van der Waals surface area contributed by atoms with Crippen LogP contribution in [-0.4, -0.2) is 49.4 Å². The lowest BCUT2D eigenvalue weighted by molar-refractivity contribution is -0.148. The Morgan fingerprint density at radius 2 is 1.34 bits per heavy atom. The van der Waals surface area contributed by atoms with Gasteiger partial charge in [-0.05, 0) is 78.0 Å². The molecule has 10 heteroatoms. The fraction of sp³-hybridized carbons (Fsp3) is 0.643. The highest BCUT2D eigenvalue weighted by Gasteiger charge is 2.29. The van der Waals surface area contributed by atoms with Gasteiger partial charge in [0.05, 0.1) is 17.4 Å². The van der Waals surface area contributed by atoms with Crippen molar-refractivity contribution in [2.24, 2.45) is 22.0 Å². The van der Waals surface area contributed by atoms with Crippen LogP contribution in [0.25, 0.3) is 0 Å². The molecule has 0 amide bonds. The smallest absolute Gasteiger partial charge is 0.461 e. The van der Waals surface area contributed by atoms with E-state index < -0.39 is 47.0 Å². The number of carbonyl (C=O) groups is 4. The Morgan fingerprint density at radius 1 is 0.816 bits per heavy atom. The van der Waals surface area contributed by atoms with Crippen molar-refractivity contribution in [2.75, 3.05) is 13.2 Å². The van der Waals surface area contributed by atoms with Crippen molar-refractivity contribution in [3.05, 3.63) is 23.8 Å². The van der Waals surface area contributed by atoms with Crippen LogP contribution in [-0.2, 0) is 35.0 Å². The number of benzene rings is 1. The van der Waals surface area contributed by atoms with Gasteiger partial charge in [-0.2, -0.15) is 0 Å². The second-order valence-corrected chi connectivity index (χ2v) is 12.5. The molecule has 0 saturated carbocycles. The Balaban J connectivity index is 2.86. The van der Waals surface area contributed by atoms with Crippen molar-refractivity contribution < 1.29 is 42.9 Å². The van der Waals surface area contributed by atoms with Gasteiger partial charge in [0.15, 0.2) is 11.5 Å². The molecule has 0 spiro atoms. The zero-order chi connectivity index (χ0) is 29.5. The molecular formula is C28H43NO9. The Hall–Kier alpha value is -3.14. The highest BCUT2D eigenvalue weighted by molar-refractivity contribution is 5.81. The number of nitrogens with two attached hydrogens (primary N) is 1. The Kier molecular flexibility index (Phi) is 11.3. The standard InChI is InChI=1S/C28H43NO9/c1-17(36-25(33)35-16-26(2,3)4)15-34-22(30)19(29)13-18-11-12-20(37-23(31)27(5,6)7)21(14-18)38-24(32)28(8,9)10/h11-12,14,17,19H,13,15-16,29H2,1-10H3/t17-,19-/m0/s1. The van der Waals surface area contributed by atoms with Crippen LogP contribution in [0.4, 0.5) is 4.79 Å². The maximum Gasteiger partial charge on any atom is 0.508 e. The molecule has 0 aromatic heterocycles. The number of hydrogen-bond acceptors (Lipinski definition) is 10. The number of carbonyl (C=O) groups excluding carboxylic acids is 4. The largest absolute Gasteiger partial charge is 0.508 e. The molecule has 38 heavy (non-hydrogen) atoms. The van der Waals surface area contributed by atoms with E-state index in [1.165, 1.54) is 12.1 Å². The summed E-state index contributed by atoms with van der Waals surface area (Å²) in [5.41, 5.74) is 4.79. The van der Waals surface area contributed by atoms with E-state index in [4.69, 9.17) is 29.4 Å². The number of hydrogen-bond donors (Lipinski definition) is 1. The summed E-state index contributed by atoms with van der Waals surface area (Å²) >= 11 is 0. The molecular weight excluding hydrogens is 494 g/mol. The highest BCUT2D eigenvalue weighted by atomic mass is 16.7. The molecule has 0 bridgehead atoms. The van der Waals surface area contributed by atoms with Gasteiger partial charge >= 0.3 is 24.1 Å². The molecule has 0 aliphatic rings. The molecule has 214 valence electrons. The zero-order valence-electron chi connectivity index (χ0n) is 24.3. The van der Waals surface area contributed by atoms with Crippen LogP contribution in [0.15, 0.2) is 18.2 Å². The molecule has 0 unspecified atom stereocenters. The van der Waals surface area contributed by atoms with Crippen LogP contribution >= 0.6 is 0 Å². The summed E-state index contributed by atoms with van der Waals surface area (Å²) in [5, 5.41) is 0. The van der Waals surface area contributed by atoms with E-state index >= 15 is 0 Å². The maximum atomic E-state index is 12.5. The second-order valence-electron chi connectivity index (χ2n) is 12.5. The normalized spacial score (nSPS) is 13.7. The number of esters is 3. The van der Waals surface area contributed by atoms with E-state index in [9.17, 15) is 19.2 Å². The van der Waals surface area contributed by atoms with Crippen molar-refractivity contribution >= 4 is 24.1 Å². The monoisotopic (exact) mass is 537 g/mol. The number of rotatable bonds is 9. The lowest BCUT2D eigenvalue weighted by Gasteiger charge is -2.21. The van der Waals surface area contributed by atoms with Gasteiger partial charge in [-0.25, -0.2) is 4.79 Å². The van der Waals surface area contributed by atoms with E-state index in [0.29, 0.717) is 5.56 Å². The zero-order valence-corrected chi connectivity index (χ0v) is 24.3. The molecule has 1 aromatic rings. The maximum absolute atomic E-state index is 12.5. The highest BCUT2D eigenvalue weighted by Crippen LogP contribution is 2.33. The van der Waals surface area contributed by atoms with Gasteiger partial charge in [0.25, 0.3) is 0 Å². The summed E-state index contributed by atoms with van der Waals surface area (Å²) in [6, 6.07) is 3.55. The first-order valence-corrected chi connectivity index (χ1v) is 12.5. The molecule has 2 N–H and O–H groups in total. The van der Waals surface area contributed by atoms with E-state index in [2.05, 4.69) is 0 Å². The Morgan fingerprint density at radius 3 is 1.84 bits per heavy atom. The molecule has 10 nitrogen and oxygen atoms in total. The minimum absolute atomic E-state index is 0.0383. The van der Waals surface area contributed by atoms with Gasteiger partial charge in [-0.3, -0.25) is 14.4 Å². The van der Waals surface area contributed by atoms with Crippen LogP contribution < -0.4 is 15.2 Å². The quantitative estimate of drug-likeness (QED) is 0.351. The van der Waals surface area contributed by atoms with Gasteiger partial charge in [-0.1, -0.05) is 26.8 Å². The van der Waals surface area contributed by atoms with Crippen LogP contribution in [0.5, 0.6) is 11.5 Å². The lowest BCUT2D eigenvalue weighted by Crippen LogP contribution is -2.36. The van der Waals surface area contributed by atoms with Crippen molar-refractivity contribution in [2.45, 2.75) is 87.8 Å². The van der Waals surface area contributed by atoms with Crippen LogP contribution in [0.3, 0.4) is 0 Å². The topological polar surface area (TPSA) is 140 Å². The minimum atomic E-state index is -1.05. The molecule has 0 saturated heterocycles. The SMILES string of the molecule is C[C@@H](COC(=O)[C@@H](N)Cc1ccc(OC(=O)C(C)(C)C)c(OC(=O)C(C)(C)C)c1)OC(=O)OCC(C)(C)C. The number of ether oxygens (including phenoxy) is 5. The summed E-state index contributed by atoms with van der Waals surface area (Å²) in [4.78, 5) is 49.1. The predicted molar refractivity (Wildman–Crippen MR) is 141 cm³/mol. The Bertz CT molecular complexity index is 997. The minimum Gasteiger partial charge on any atom is -0.461 e. The van der Waals surface area contributed by atoms with Crippen molar-refractivity contribution in [1.82, 2.24) is 0 Å². The third kappa shape index (κ3) is 11.9. The van der Waals surface area contributed by atoms with E-state index in [0.717, 1.165) is 0 Å². The molecule has 0 aliphatic carbocycles. The molecule has 0 aliphatic heterocycles. The summed E-state index contributed by atoms with van der Waals surface area (Å²) < 4.78 is 26.3. The summed E-state index contributed by atoms with van der Waals surface area (Å²) in [6.07, 6.45) is -1.54. The van der Waals surface area contributed by atoms with E-state index in [1.54, 1.807) is 54.5 Å². The lowest BCUT2D eigenvalue weighted by atomic mass is 9.97. The van der Waals surface area contributed by atoms with Crippen LogP contribution in [0, 0.1) is 16.2 Å². The van der Waals surface area contributed by atoms with Gasteiger partial charge in [0.1, 0.15) is 18.8 Å². The fourth-order valence-electron chi connectivity index (χ4n) is 2.50. The van der Waals surface area contributed by atoms with Crippen LogP contribution in [0.1, 0.15) is 74.8 Å². The van der Waals surface area contributed by atoms with E-state index in [-0.39, 0.29) is 36.5 Å². The fourth-order valence-corrected chi connectivity index (χ4v) is 2.50. The van der Waals surface area contributed by atoms with Gasteiger partial charge < -0.3 is 29.4 Å². The second kappa shape index (κ2) is 13.1. The van der Waals surface area contributed by atoms with Crippen molar-refractivity contribution in [3.63, 3.8) is 0 Å². The Labute approximate surface area is 225 Å². The third-order valence-corrected chi connectivity index (χ3v) is 4.78. The average molecular weight is 538 g/mol. The van der Waals surface area contributed by atoms with Gasteiger partial charge in [0, 0.05) is 0 Å². The molecule has 0 heterocycles. The summed E-state index contributed by atoms with van der Waals surface area (Å²) in [6.45, 7) is 17.5. The van der Waals surface area contributed by atoms with Crippen LogP contribution in [0.2, 0.25) is 0 Å². The molecule has 1 aromatic carbocycles. The first-order valence-electron chi connectivity index (χ1n) is 12.5. The van der Waals surface area contributed by atoms with Crippen molar-refractivity contribution in [1.29, 1.82) is 0 Å². The summed E-state index contributed by atoms with van der Waals surface area (Å²) in [5.74, 6) is -1.62.